The van der Waals surface area contributed by atoms with E-state index in [2.05, 4.69) is 9.97 Å². The second-order valence-electron chi connectivity index (χ2n) is 8.36. The molecule has 0 bridgehead atoms. The summed E-state index contributed by atoms with van der Waals surface area (Å²) < 4.78 is 50.3. The lowest BCUT2D eigenvalue weighted by atomic mass is 9.86. The second kappa shape index (κ2) is 8.64. The van der Waals surface area contributed by atoms with Gasteiger partial charge < -0.3 is 4.90 Å². The summed E-state index contributed by atoms with van der Waals surface area (Å²) in [6, 6.07) is 8.59. The van der Waals surface area contributed by atoms with Crippen LogP contribution in [0, 0.1) is 12.8 Å². The highest BCUT2D eigenvalue weighted by Gasteiger charge is 2.29. The zero-order chi connectivity index (χ0) is 23.1. The highest BCUT2D eigenvalue weighted by Crippen LogP contribution is 2.33. The van der Waals surface area contributed by atoms with Crippen LogP contribution in [0.4, 0.5) is 5.82 Å². The number of hydrogen-bond acceptors (Lipinski definition) is 7. The Bertz CT molecular complexity index is 1330. The van der Waals surface area contributed by atoms with Crippen LogP contribution in [0.5, 0.6) is 0 Å². The number of benzene rings is 1. The number of hydrogen-bond donors (Lipinski definition) is 0. The van der Waals surface area contributed by atoms with Gasteiger partial charge in [-0.1, -0.05) is 17.7 Å². The maximum atomic E-state index is 13.2. The van der Waals surface area contributed by atoms with E-state index in [9.17, 15) is 16.8 Å². The van der Waals surface area contributed by atoms with E-state index >= 15 is 0 Å². The van der Waals surface area contributed by atoms with Gasteiger partial charge in [-0.05, 0) is 56.7 Å². The smallest absolute Gasteiger partial charge is 0.269 e. The molecule has 8 nitrogen and oxygen atoms in total. The Morgan fingerprint density at radius 2 is 1.69 bits per heavy atom. The van der Waals surface area contributed by atoms with Gasteiger partial charge in [0.05, 0.1) is 16.0 Å². The first-order chi connectivity index (χ1) is 15.1. The summed E-state index contributed by atoms with van der Waals surface area (Å²) in [5.74, 6) is 0.720. The molecule has 0 saturated heterocycles. The molecule has 0 atom stereocenters. The minimum atomic E-state index is -3.79. The van der Waals surface area contributed by atoms with Crippen LogP contribution in [0.3, 0.4) is 0 Å². The molecule has 11 heteroatoms. The summed E-state index contributed by atoms with van der Waals surface area (Å²) in [7, 11) is 0.0454. The van der Waals surface area contributed by atoms with Crippen LogP contribution >= 0.6 is 10.7 Å². The number of anilines is 1. The molecule has 172 valence electrons. The van der Waals surface area contributed by atoms with E-state index in [1.807, 2.05) is 18.9 Å². The fourth-order valence-corrected chi connectivity index (χ4v) is 7.10. The Morgan fingerprint density at radius 3 is 2.31 bits per heavy atom. The van der Waals surface area contributed by atoms with Gasteiger partial charge in [0.25, 0.3) is 10.0 Å². The first kappa shape index (κ1) is 23.0. The first-order valence-corrected chi connectivity index (χ1v) is 14.3. The van der Waals surface area contributed by atoms with Gasteiger partial charge in [-0.15, -0.1) is 0 Å². The van der Waals surface area contributed by atoms with Gasteiger partial charge in [-0.3, -0.25) is 0 Å². The monoisotopic (exact) mass is 496 g/mol. The molecule has 1 fully saturated rings. The molecule has 0 amide bonds. The van der Waals surface area contributed by atoms with Gasteiger partial charge in [-0.25, -0.2) is 30.8 Å². The lowest BCUT2D eigenvalue weighted by molar-refractivity contribution is 0.341. The van der Waals surface area contributed by atoms with Crippen molar-refractivity contribution in [3.8, 4) is 0 Å². The molecule has 1 aromatic carbocycles. The Labute approximate surface area is 192 Å². The summed E-state index contributed by atoms with van der Waals surface area (Å²) in [5, 5.41) is 0.649. The van der Waals surface area contributed by atoms with Crippen LogP contribution in [-0.4, -0.2) is 49.6 Å². The molecule has 0 spiro atoms. The number of aryl methyl sites for hydroxylation is 1. The normalized spacial score (nSPS) is 19.8. The minimum Gasteiger partial charge on any atom is -0.356 e. The predicted octanol–water partition coefficient (Wildman–Crippen LogP) is 3.54. The van der Waals surface area contributed by atoms with Crippen molar-refractivity contribution in [2.45, 2.75) is 43.5 Å². The fraction of sp³-hybridized carbons (Fsp3) is 0.429. The number of aromatic nitrogens is 3. The first-order valence-electron chi connectivity index (χ1n) is 10.4. The SMILES string of the molecule is Cc1ccc(S(=O)(=O)n2ccc3c(N(C)C4CCC(CS(=O)(=O)Cl)CC4)ncnc32)cc1. The van der Waals surface area contributed by atoms with Crippen LogP contribution < -0.4 is 4.90 Å². The maximum Gasteiger partial charge on any atom is 0.269 e. The van der Waals surface area contributed by atoms with Gasteiger partial charge >= 0.3 is 0 Å². The molecule has 4 rings (SSSR count). The van der Waals surface area contributed by atoms with E-state index in [-0.39, 0.29) is 22.6 Å². The summed E-state index contributed by atoms with van der Waals surface area (Å²) >= 11 is 0. The second-order valence-corrected chi connectivity index (χ2v) is 13.0. The topological polar surface area (TPSA) is 102 Å². The van der Waals surface area contributed by atoms with Gasteiger partial charge in [0.15, 0.2) is 5.65 Å². The maximum absolute atomic E-state index is 13.2. The van der Waals surface area contributed by atoms with Crippen molar-refractivity contribution in [3.63, 3.8) is 0 Å². The molecule has 0 unspecified atom stereocenters. The number of rotatable bonds is 6. The molecular weight excluding hydrogens is 472 g/mol. The van der Waals surface area contributed by atoms with Crippen molar-refractivity contribution in [1.82, 2.24) is 13.9 Å². The van der Waals surface area contributed by atoms with E-state index in [4.69, 9.17) is 10.7 Å². The molecular formula is C21H25ClN4O4S2. The third-order valence-electron chi connectivity index (χ3n) is 6.14. The standard InChI is InChI=1S/C21H25ClN4O4S2/c1-15-3-9-18(10-4-15)32(29,30)26-12-11-19-20(23-14-24-21(19)26)25(2)17-7-5-16(6-8-17)13-31(22,27)28/h3-4,9-12,14,16-17H,5-8,13H2,1-2H3. The molecule has 0 aliphatic heterocycles. The Hall–Kier alpha value is -2.17. The van der Waals surface area contributed by atoms with Crippen LogP contribution in [0.2, 0.25) is 0 Å². The molecule has 1 aliphatic carbocycles. The Balaban J connectivity index is 1.60. The predicted molar refractivity (Wildman–Crippen MR) is 125 cm³/mol. The summed E-state index contributed by atoms with van der Waals surface area (Å²) in [6.07, 6.45) is 6.02. The van der Waals surface area contributed by atoms with E-state index in [0.29, 0.717) is 16.9 Å². The Kier molecular flexibility index (Phi) is 6.21. The molecule has 0 radical (unpaired) electrons. The van der Waals surface area contributed by atoms with Gasteiger partial charge in [0.2, 0.25) is 9.05 Å². The summed E-state index contributed by atoms with van der Waals surface area (Å²) in [6.45, 7) is 1.90. The average molecular weight is 497 g/mol. The number of halogens is 1. The molecule has 3 aromatic rings. The lowest BCUT2D eigenvalue weighted by Gasteiger charge is -2.35. The average Bonchev–Trinajstić information content (AvgIpc) is 3.18. The van der Waals surface area contributed by atoms with E-state index in [1.165, 1.54) is 16.5 Å². The molecule has 2 heterocycles. The third kappa shape index (κ3) is 4.62. The van der Waals surface area contributed by atoms with Crippen LogP contribution in [-0.2, 0) is 19.1 Å². The zero-order valence-electron chi connectivity index (χ0n) is 17.8. The molecule has 32 heavy (non-hydrogen) atoms. The Morgan fingerprint density at radius 1 is 1.03 bits per heavy atom. The number of nitrogens with zero attached hydrogens (tertiary/aromatic N) is 4. The molecule has 1 aliphatic rings. The molecule has 0 N–H and O–H groups in total. The molecule has 1 saturated carbocycles. The van der Waals surface area contributed by atoms with Crippen molar-refractivity contribution in [3.05, 3.63) is 48.4 Å². The van der Waals surface area contributed by atoms with Crippen molar-refractivity contribution in [2.24, 2.45) is 5.92 Å². The van der Waals surface area contributed by atoms with Crippen LogP contribution in [0.15, 0.2) is 47.8 Å². The van der Waals surface area contributed by atoms with Gasteiger partial charge in [0.1, 0.15) is 12.1 Å². The molecule has 2 aromatic heterocycles. The zero-order valence-corrected chi connectivity index (χ0v) is 20.2. The third-order valence-corrected chi connectivity index (χ3v) is 9.07. The van der Waals surface area contributed by atoms with Crippen molar-refractivity contribution in [2.75, 3.05) is 17.7 Å². The van der Waals surface area contributed by atoms with Crippen LogP contribution in [0.25, 0.3) is 11.0 Å². The lowest BCUT2D eigenvalue weighted by Crippen LogP contribution is -2.36. The quantitative estimate of drug-likeness (QED) is 0.481. The highest BCUT2D eigenvalue weighted by atomic mass is 35.7. The van der Waals surface area contributed by atoms with E-state index < -0.39 is 19.1 Å². The van der Waals surface area contributed by atoms with Crippen molar-refractivity contribution < 1.29 is 16.8 Å². The van der Waals surface area contributed by atoms with Gasteiger partial charge in [0, 0.05) is 30.0 Å². The van der Waals surface area contributed by atoms with Gasteiger partial charge in [-0.2, -0.15) is 0 Å². The largest absolute Gasteiger partial charge is 0.356 e. The summed E-state index contributed by atoms with van der Waals surface area (Å²) in [4.78, 5) is 10.9. The van der Waals surface area contributed by atoms with E-state index in [0.717, 1.165) is 31.2 Å². The summed E-state index contributed by atoms with van der Waals surface area (Å²) in [5.41, 5.74) is 1.30. The van der Waals surface area contributed by atoms with Crippen molar-refractivity contribution in [1.29, 1.82) is 0 Å². The highest BCUT2D eigenvalue weighted by molar-refractivity contribution is 8.13. The van der Waals surface area contributed by atoms with Crippen LogP contribution in [0.1, 0.15) is 31.2 Å². The van der Waals surface area contributed by atoms with E-state index in [1.54, 1.807) is 30.3 Å². The fourth-order valence-electron chi connectivity index (χ4n) is 4.37. The minimum absolute atomic E-state index is 0.00244. The van der Waals surface area contributed by atoms with Crippen molar-refractivity contribution >= 4 is 46.6 Å². The number of fused-ring (bicyclic) bond motifs is 1.